The molecule has 6 heteroatoms. The second-order valence-electron chi connectivity index (χ2n) is 5.84. The summed E-state index contributed by atoms with van der Waals surface area (Å²) in [6.45, 7) is 1.65. The van der Waals surface area contributed by atoms with Crippen LogP contribution < -0.4 is 5.32 Å². The normalized spacial score (nSPS) is 23.3. The van der Waals surface area contributed by atoms with E-state index >= 15 is 0 Å². The predicted molar refractivity (Wildman–Crippen MR) is 76.5 cm³/mol. The molecule has 2 saturated heterocycles. The molecule has 3 rings (SSSR count). The minimum Gasteiger partial charge on any atom is -0.355 e. The van der Waals surface area contributed by atoms with Crippen LogP contribution in [0.2, 0.25) is 0 Å². The second-order valence-corrected chi connectivity index (χ2v) is 5.84. The van der Waals surface area contributed by atoms with Gasteiger partial charge in [0, 0.05) is 44.0 Å². The van der Waals surface area contributed by atoms with E-state index in [1.165, 1.54) is 24.3 Å². The van der Waals surface area contributed by atoms with Crippen molar-refractivity contribution < 1.29 is 18.8 Å². The van der Waals surface area contributed by atoms with E-state index in [1.54, 1.807) is 4.90 Å². The van der Waals surface area contributed by atoms with Crippen molar-refractivity contribution in [2.24, 2.45) is 11.8 Å². The molecule has 0 bridgehead atoms. The highest BCUT2D eigenvalue weighted by Gasteiger charge is 2.43. The Morgan fingerprint density at radius 3 is 2.59 bits per heavy atom. The van der Waals surface area contributed by atoms with Crippen molar-refractivity contribution in [2.45, 2.75) is 12.8 Å². The summed E-state index contributed by atoms with van der Waals surface area (Å²) in [6, 6.07) is 5.31. The van der Waals surface area contributed by atoms with E-state index in [0.29, 0.717) is 25.2 Å². The number of ketones is 1. The molecule has 0 aliphatic carbocycles. The van der Waals surface area contributed by atoms with Gasteiger partial charge in [0.25, 0.3) is 0 Å². The zero-order valence-electron chi connectivity index (χ0n) is 12.0. The molecule has 2 aliphatic heterocycles. The summed E-state index contributed by atoms with van der Waals surface area (Å²) in [7, 11) is 0. The summed E-state index contributed by atoms with van der Waals surface area (Å²) >= 11 is 0. The molecule has 0 spiro atoms. The highest BCUT2D eigenvalue weighted by molar-refractivity contribution is 5.98. The average molecular weight is 304 g/mol. The van der Waals surface area contributed by atoms with Crippen molar-refractivity contribution in [1.29, 1.82) is 0 Å². The SMILES string of the molecule is O=C(CCC(=O)N1C[C@@H]2CNC(=O)[C@@H]2C1)c1ccc(F)cc1. The topological polar surface area (TPSA) is 66.5 Å². The summed E-state index contributed by atoms with van der Waals surface area (Å²) in [4.78, 5) is 37.4. The molecule has 2 aliphatic rings. The van der Waals surface area contributed by atoms with E-state index in [-0.39, 0.29) is 42.3 Å². The van der Waals surface area contributed by atoms with Crippen LogP contribution in [-0.4, -0.2) is 42.1 Å². The maximum Gasteiger partial charge on any atom is 0.225 e. The largest absolute Gasteiger partial charge is 0.355 e. The van der Waals surface area contributed by atoms with E-state index in [1.807, 2.05) is 0 Å². The summed E-state index contributed by atoms with van der Waals surface area (Å²) < 4.78 is 12.8. The first-order valence-electron chi connectivity index (χ1n) is 7.39. The van der Waals surface area contributed by atoms with Crippen LogP contribution in [0.25, 0.3) is 0 Å². The van der Waals surface area contributed by atoms with E-state index in [2.05, 4.69) is 5.32 Å². The number of rotatable bonds is 4. The van der Waals surface area contributed by atoms with E-state index in [9.17, 15) is 18.8 Å². The Kier molecular flexibility index (Phi) is 3.92. The summed E-state index contributed by atoms with van der Waals surface area (Å²) in [5, 5.41) is 2.80. The summed E-state index contributed by atoms with van der Waals surface area (Å²) in [5.74, 6) is -0.554. The van der Waals surface area contributed by atoms with Crippen LogP contribution >= 0.6 is 0 Å². The lowest BCUT2D eigenvalue weighted by Gasteiger charge is -2.17. The third-order valence-electron chi connectivity index (χ3n) is 4.40. The molecule has 1 N–H and O–H groups in total. The number of carbonyl (C=O) groups is 3. The first kappa shape index (κ1) is 14.7. The molecule has 116 valence electrons. The fourth-order valence-electron chi connectivity index (χ4n) is 3.10. The van der Waals surface area contributed by atoms with Gasteiger partial charge in [0.2, 0.25) is 11.8 Å². The third kappa shape index (κ3) is 2.86. The lowest BCUT2D eigenvalue weighted by atomic mass is 10.0. The number of halogens is 1. The smallest absolute Gasteiger partial charge is 0.225 e. The number of carbonyl (C=O) groups excluding carboxylic acids is 3. The van der Waals surface area contributed by atoms with Crippen LogP contribution in [0.15, 0.2) is 24.3 Å². The third-order valence-corrected chi connectivity index (χ3v) is 4.40. The standard InChI is InChI=1S/C16H17FN2O3/c17-12-3-1-10(2-4-12)14(20)5-6-15(21)19-8-11-7-18-16(22)13(11)9-19/h1-4,11,13H,5-9H2,(H,18,22)/t11-,13+/m0/s1. The molecule has 0 unspecified atom stereocenters. The van der Waals surface area contributed by atoms with E-state index in [4.69, 9.17) is 0 Å². The molecule has 1 aromatic carbocycles. The Labute approximate surface area is 127 Å². The van der Waals surface area contributed by atoms with Gasteiger partial charge in [-0.15, -0.1) is 0 Å². The fraction of sp³-hybridized carbons (Fsp3) is 0.438. The Bertz CT molecular complexity index is 614. The monoisotopic (exact) mass is 304 g/mol. The maximum absolute atomic E-state index is 12.8. The molecular formula is C16H17FN2O3. The number of hydrogen-bond acceptors (Lipinski definition) is 3. The second kappa shape index (κ2) is 5.87. The van der Waals surface area contributed by atoms with Gasteiger partial charge in [-0.1, -0.05) is 0 Å². The summed E-state index contributed by atoms with van der Waals surface area (Å²) in [5.41, 5.74) is 0.409. The van der Waals surface area contributed by atoms with Crippen molar-refractivity contribution >= 4 is 17.6 Å². The Balaban J connectivity index is 1.51. The molecule has 2 fully saturated rings. The van der Waals surface area contributed by atoms with Crippen LogP contribution in [0.3, 0.4) is 0 Å². The zero-order valence-corrected chi connectivity index (χ0v) is 12.0. The van der Waals surface area contributed by atoms with Gasteiger partial charge >= 0.3 is 0 Å². The fourth-order valence-corrected chi connectivity index (χ4v) is 3.10. The van der Waals surface area contributed by atoms with E-state index in [0.717, 1.165) is 0 Å². The van der Waals surface area contributed by atoms with Gasteiger partial charge < -0.3 is 10.2 Å². The van der Waals surface area contributed by atoms with Gasteiger partial charge in [0.05, 0.1) is 5.92 Å². The molecule has 2 atom stereocenters. The van der Waals surface area contributed by atoms with Crippen molar-refractivity contribution in [2.75, 3.05) is 19.6 Å². The number of Topliss-reactive ketones (excluding diaryl/α,β-unsaturated/α-hetero) is 1. The van der Waals surface area contributed by atoms with Crippen LogP contribution in [-0.2, 0) is 9.59 Å². The number of fused-ring (bicyclic) bond motifs is 1. The minimum absolute atomic E-state index is 0.0164. The van der Waals surface area contributed by atoms with Gasteiger partial charge in [-0.2, -0.15) is 0 Å². The first-order valence-corrected chi connectivity index (χ1v) is 7.39. The van der Waals surface area contributed by atoms with Crippen molar-refractivity contribution in [3.05, 3.63) is 35.6 Å². The number of amides is 2. The lowest BCUT2D eigenvalue weighted by molar-refractivity contribution is -0.130. The van der Waals surface area contributed by atoms with Gasteiger partial charge in [-0.05, 0) is 24.3 Å². The highest BCUT2D eigenvalue weighted by Crippen LogP contribution is 2.27. The van der Waals surface area contributed by atoms with Gasteiger partial charge in [0.15, 0.2) is 5.78 Å². The Morgan fingerprint density at radius 2 is 1.91 bits per heavy atom. The van der Waals surface area contributed by atoms with Crippen LogP contribution in [0.1, 0.15) is 23.2 Å². The molecule has 1 aromatic rings. The zero-order chi connectivity index (χ0) is 15.7. The molecular weight excluding hydrogens is 287 g/mol. The number of benzene rings is 1. The van der Waals surface area contributed by atoms with Gasteiger partial charge in [-0.3, -0.25) is 14.4 Å². The number of nitrogens with one attached hydrogen (secondary N) is 1. The predicted octanol–water partition coefficient (Wildman–Crippen LogP) is 0.993. The van der Waals surface area contributed by atoms with E-state index < -0.39 is 5.82 Å². The van der Waals surface area contributed by atoms with Gasteiger partial charge in [-0.25, -0.2) is 4.39 Å². The average Bonchev–Trinajstić information content (AvgIpc) is 3.08. The highest BCUT2D eigenvalue weighted by atomic mass is 19.1. The molecule has 2 amide bonds. The van der Waals surface area contributed by atoms with Crippen LogP contribution in [0.4, 0.5) is 4.39 Å². The quantitative estimate of drug-likeness (QED) is 0.844. The number of nitrogens with zero attached hydrogens (tertiary/aromatic N) is 1. The van der Waals surface area contributed by atoms with Crippen molar-refractivity contribution in [3.63, 3.8) is 0 Å². The Morgan fingerprint density at radius 1 is 1.18 bits per heavy atom. The molecule has 5 nitrogen and oxygen atoms in total. The van der Waals surface area contributed by atoms with Crippen LogP contribution in [0, 0.1) is 17.7 Å². The van der Waals surface area contributed by atoms with Crippen molar-refractivity contribution in [3.8, 4) is 0 Å². The summed E-state index contributed by atoms with van der Waals surface area (Å²) in [6.07, 6.45) is 0.222. The number of hydrogen-bond donors (Lipinski definition) is 1. The molecule has 2 heterocycles. The van der Waals surface area contributed by atoms with Crippen molar-refractivity contribution in [1.82, 2.24) is 10.2 Å². The Hall–Kier alpha value is -2.24. The molecule has 0 saturated carbocycles. The number of likely N-dealkylation sites (tertiary alicyclic amines) is 1. The lowest BCUT2D eigenvalue weighted by Crippen LogP contribution is -2.33. The molecule has 22 heavy (non-hydrogen) atoms. The molecule has 0 aromatic heterocycles. The van der Waals surface area contributed by atoms with Crippen LogP contribution in [0.5, 0.6) is 0 Å². The van der Waals surface area contributed by atoms with Gasteiger partial charge in [0.1, 0.15) is 5.82 Å². The first-order chi connectivity index (χ1) is 10.5. The minimum atomic E-state index is -0.394. The molecule has 0 radical (unpaired) electrons. The maximum atomic E-state index is 12.8.